The van der Waals surface area contributed by atoms with Gasteiger partial charge in [0.15, 0.2) is 10.9 Å². The molecule has 0 bridgehead atoms. The molecule has 1 atom stereocenters. The van der Waals surface area contributed by atoms with Crippen molar-refractivity contribution >= 4 is 38.4 Å². The lowest BCUT2D eigenvalue weighted by Gasteiger charge is -2.30. The topological polar surface area (TPSA) is 66.4 Å². The smallest absolute Gasteiger partial charge is 0.202 e. The van der Waals surface area contributed by atoms with E-state index in [0.29, 0.717) is 12.4 Å². The molecule has 1 aliphatic heterocycles. The van der Waals surface area contributed by atoms with E-state index in [1.54, 1.807) is 11.3 Å². The molecule has 28 heavy (non-hydrogen) atoms. The molecule has 140 valence electrons. The number of rotatable bonds is 2. The van der Waals surface area contributed by atoms with Crippen LogP contribution in [0.1, 0.15) is 36.4 Å². The van der Waals surface area contributed by atoms with E-state index in [9.17, 15) is 4.79 Å². The van der Waals surface area contributed by atoms with Crippen LogP contribution in [0, 0.1) is 6.92 Å². The summed E-state index contributed by atoms with van der Waals surface area (Å²) in [5.74, 6) is 0.847. The van der Waals surface area contributed by atoms with Crippen LogP contribution >= 0.6 is 11.3 Å². The van der Waals surface area contributed by atoms with Crippen molar-refractivity contribution in [3.05, 3.63) is 70.9 Å². The molecule has 2 aromatic carbocycles. The highest BCUT2D eigenvalue weighted by Crippen LogP contribution is 2.36. The van der Waals surface area contributed by atoms with Gasteiger partial charge in [-0.3, -0.25) is 4.79 Å². The maximum atomic E-state index is 12.7. The van der Waals surface area contributed by atoms with Gasteiger partial charge in [0.25, 0.3) is 0 Å². The number of hydrogen-bond acceptors (Lipinski definition) is 6. The first-order valence-electron chi connectivity index (χ1n) is 9.47. The number of thiazole rings is 1. The molecule has 2 aliphatic rings. The van der Waals surface area contributed by atoms with Crippen LogP contribution in [0.2, 0.25) is 0 Å². The van der Waals surface area contributed by atoms with Gasteiger partial charge in [0.1, 0.15) is 6.04 Å². The van der Waals surface area contributed by atoms with Crippen LogP contribution < -0.4 is 10.6 Å². The number of benzene rings is 2. The number of nitrogens with zero attached hydrogens (tertiary/aromatic N) is 2. The second-order valence-corrected chi connectivity index (χ2v) is 8.23. The van der Waals surface area contributed by atoms with Crippen LogP contribution in [0.25, 0.3) is 10.2 Å². The lowest BCUT2D eigenvalue weighted by molar-refractivity contribution is -0.116. The van der Waals surface area contributed by atoms with E-state index in [1.807, 2.05) is 18.2 Å². The molecule has 5 rings (SSSR count). The fraction of sp³-hybridized carbons (Fsp3) is 0.227. The normalized spacial score (nSPS) is 19.2. The Kier molecular flexibility index (Phi) is 4.20. The van der Waals surface area contributed by atoms with E-state index >= 15 is 0 Å². The average Bonchev–Trinajstić information content (AvgIpc) is 3.10. The van der Waals surface area contributed by atoms with Crippen molar-refractivity contribution in [3.8, 4) is 0 Å². The molecule has 2 N–H and O–H groups in total. The molecule has 1 aliphatic carbocycles. The summed E-state index contributed by atoms with van der Waals surface area (Å²) < 4.78 is 1.13. The number of aromatic nitrogens is 1. The first-order chi connectivity index (χ1) is 13.7. The van der Waals surface area contributed by atoms with Crippen molar-refractivity contribution in [2.24, 2.45) is 4.99 Å². The lowest BCUT2D eigenvalue weighted by atomic mass is 9.86. The predicted molar refractivity (Wildman–Crippen MR) is 114 cm³/mol. The summed E-state index contributed by atoms with van der Waals surface area (Å²) in [6.07, 6.45) is 2.34. The maximum absolute atomic E-state index is 12.7. The summed E-state index contributed by atoms with van der Waals surface area (Å²) in [7, 11) is 0. The van der Waals surface area contributed by atoms with E-state index in [2.05, 4.69) is 52.9 Å². The zero-order valence-electron chi connectivity index (χ0n) is 15.5. The molecule has 0 saturated heterocycles. The van der Waals surface area contributed by atoms with E-state index in [-0.39, 0.29) is 11.8 Å². The number of ketones is 1. The van der Waals surface area contributed by atoms with Gasteiger partial charge in [-0.1, -0.05) is 53.3 Å². The van der Waals surface area contributed by atoms with Crippen molar-refractivity contribution in [2.75, 3.05) is 5.32 Å². The molecule has 0 amide bonds. The van der Waals surface area contributed by atoms with Crippen LogP contribution in [0.15, 0.2) is 64.8 Å². The number of allylic oxidation sites excluding steroid dienone is 1. The summed E-state index contributed by atoms with van der Waals surface area (Å²) >= 11 is 1.59. The minimum absolute atomic E-state index is 0.196. The average molecular weight is 388 g/mol. The van der Waals surface area contributed by atoms with Gasteiger partial charge in [0.2, 0.25) is 5.96 Å². The van der Waals surface area contributed by atoms with Gasteiger partial charge in [-0.15, -0.1) is 0 Å². The van der Waals surface area contributed by atoms with Crippen LogP contribution in [0.5, 0.6) is 0 Å². The highest BCUT2D eigenvalue weighted by Gasteiger charge is 2.32. The van der Waals surface area contributed by atoms with Crippen molar-refractivity contribution < 1.29 is 4.79 Å². The molecule has 3 aromatic rings. The van der Waals surface area contributed by atoms with Crippen LogP contribution in [0.3, 0.4) is 0 Å². The number of nitrogens with one attached hydrogen (secondary N) is 2. The number of guanidine groups is 1. The third kappa shape index (κ3) is 3.10. The molecule has 0 radical (unpaired) electrons. The maximum Gasteiger partial charge on any atom is 0.202 e. The SMILES string of the molecule is Cc1ccc(C2N=C(Nc3nc4ccccc4s3)NC3=C2C(=O)CCC3)cc1. The van der Waals surface area contributed by atoms with Gasteiger partial charge in [0.05, 0.1) is 10.2 Å². The Morgan fingerprint density at radius 2 is 1.93 bits per heavy atom. The highest BCUT2D eigenvalue weighted by molar-refractivity contribution is 7.22. The lowest BCUT2D eigenvalue weighted by Crippen LogP contribution is -2.38. The minimum atomic E-state index is -0.276. The molecule has 6 heteroatoms. The number of hydrogen-bond donors (Lipinski definition) is 2. The number of anilines is 1. The Bertz CT molecular complexity index is 1090. The van der Waals surface area contributed by atoms with Crippen molar-refractivity contribution in [2.45, 2.75) is 32.2 Å². The summed E-state index contributed by atoms with van der Waals surface area (Å²) in [6.45, 7) is 2.06. The summed E-state index contributed by atoms with van der Waals surface area (Å²) in [5, 5.41) is 7.48. The number of para-hydroxylation sites is 1. The molecule has 0 fully saturated rings. The Labute approximate surface area is 167 Å². The number of aliphatic imine (C=N–C) groups is 1. The molecule has 1 aromatic heterocycles. The number of carbonyl (C=O) groups excluding carboxylic acids is 1. The zero-order chi connectivity index (χ0) is 19.1. The van der Waals surface area contributed by atoms with Crippen molar-refractivity contribution in [1.82, 2.24) is 10.3 Å². The van der Waals surface area contributed by atoms with Gasteiger partial charge in [-0.05, 0) is 37.5 Å². The molecule has 0 saturated carbocycles. The molecule has 0 spiro atoms. The highest BCUT2D eigenvalue weighted by atomic mass is 32.1. The number of carbonyl (C=O) groups is 1. The Hall–Kier alpha value is -2.99. The van der Waals surface area contributed by atoms with Crippen molar-refractivity contribution in [3.63, 3.8) is 0 Å². The quantitative estimate of drug-likeness (QED) is 0.666. The second-order valence-electron chi connectivity index (χ2n) is 7.20. The van der Waals surface area contributed by atoms with Gasteiger partial charge < -0.3 is 10.6 Å². The standard InChI is InChI=1S/C22H20N4OS/c1-13-9-11-14(12-10-13)20-19-16(6-4-7-17(19)27)23-21(25-20)26-22-24-15-5-2-3-8-18(15)28-22/h2-3,5,8-12,20H,4,6-7H2,1H3,(H2,23,24,25,26). The zero-order valence-corrected chi connectivity index (χ0v) is 16.3. The molecule has 1 unspecified atom stereocenters. The third-order valence-electron chi connectivity index (χ3n) is 5.17. The van der Waals surface area contributed by atoms with E-state index in [0.717, 1.165) is 45.0 Å². The summed E-state index contributed by atoms with van der Waals surface area (Å²) in [4.78, 5) is 22.2. The van der Waals surface area contributed by atoms with Gasteiger partial charge in [-0.2, -0.15) is 0 Å². The number of aryl methyl sites for hydroxylation is 1. The monoisotopic (exact) mass is 388 g/mol. The fourth-order valence-corrected chi connectivity index (χ4v) is 4.62. The minimum Gasteiger partial charge on any atom is -0.329 e. The Balaban J connectivity index is 1.52. The number of Topliss-reactive ketones (excluding diaryl/α,β-unsaturated/α-hetero) is 1. The van der Waals surface area contributed by atoms with E-state index in [4.69, 9.17) is 4.99 Å². The van der Waals surface area contributed by atoms with Gasteiger partial charge >= 0.3 is 0 Å². The van der Waals surface area contributed by atoms with Crippen LogP contribution in [0.4, 0.5) is 5.13 Å². The Morgan fingerprint density at radius 3 is 2.75 bits per heavy atom. The molecule has 2 heterocycles. The number of fused-ring (bicyclic) bond motifs is 1. The summed E-state index contributed by atoms with van der Waals surface area (Å²) in [5.41, 5.74) is 5.00. The summed E-state index contributed by atoms with van der Waals surface area (Å²) in [6, 6.07) is 16.1. The fourth-order valence-electron chi connectivity index (χ4n) is 3.76. The van der Waals surface area contributed by atoms with Crippen molar-refractivity contribution in [1.29, 1.82) is 0 Å². The first-order valence-corrected chi connectivity index (χ1v) is 10.3. The van der Waals surface area contributed by atoms with Gasteiger partial charge in [0, 0.05) is 17.7 Å². The van der Waals surface area contributed by atoms with E-state index in [1.165, 1.54) is 5.56 Å². The van der Waals surface area contributed by atoms with Crippen LogP contribution in [-0.4, -0.2) is 16.7 Å². The first kappa shape index (κ1) is 17.1. The largest absolute Gasteiger partial charge is 0.329 e. The van der Waals surface area contributed by atoms with E-state index < -0.39 is 0 Å². The molecule has 5 nitrogen and oxygen atoms in total. The van der Waals surface area contributed by atoms with Gasteiger partial charge in [-0.25, -0.2) is 9.98 Å². The molecular formula is C22H20N4OS. The Morgan fingerprint density at radius 1 is 1.11 bits per heavy atom. The second kappa shape index (κ2) is 6.87. The third-order valence-corrected chi connectivity index (χ3v) is 6.12. The predicted octanol–water partition coefficient (Wildman–Crippen LogP) is 4.72. The van der Waals surface area contributed by atoms with Crippen LogP contribution in [-0.2, 0) is 4.79 Å². The molecular weight excluding hydrogens is 368 g/mol.